The molecule has 2 N–H and O–H groups in total. The van der Waals surface area contributed by atoms with Crippen LogP contribution in [-0.4, -0.2) is 15.1 Å². The Balaban J connectivity index is 2.31. The molecule has 0 saturated heterocycles. The Bertz CT molecular complexity index is 485. The van der Waals surface area contributed by atoms with Crippen molar-refractivity contribution in [3.05, 3.63) is 28.8 Å². The van der Waals surface area contributed by atoms with Crippen LogP contribution in [0.2, 0.25) is 0 Å². The highest BCUT2D eigenvalue weighted by Crippen LogP contribution is 2.20. The normalized spacial score (nSPS) is 12.7. The lowest BCUT2D eigenvalue weighted by Gasteiger charge is -1.99. The van der Waals surface area contributed by atoms with Crippen molar-refractivity contribution in [2.24, 2.45) is 5.73 Å². The molecule has 0 bridgehead atoms. The van der Waals surface area contributed by atoms with E-state index in [4.69, 9.17) is 10.3 Å². The highest BCUT2D eigenvalue weighted by molar-refractivity contribution is 9.10. The number of hydrogen-bond donors (Lipinski definition) is 1. The van der Waals surface area contributed by atoms with Crippen LogP contribution in [0.15, 0.2) is 27.5 Å². The Morgan fingerprint density at radius 2 is 2.31 bits per heavy atom. The van der Waals surface area contributed by atoms with E-state index >= 15 is 0 Å². The molecule has 2 aromatic rings. The van der Waals surface area contributed by atoms with Gasteiger partial charge in [-0.3, -0.25) is 4.98 Å². The van der Waals surface area contributed by atoms with Gasteiger partial charge in [0, 0.05) is 22.4 Å². The molecule has 0 aliphatic rings. The first-order valence-electron chi connectivity index (χ1n) is 4.90. The SMILES string of the molecule is CCC(N)c1nc(-c2cncc(Br)c2)no1. The van der Waals surface area contributed by atoms with E-state index in [1.54, 1.807) is 12.4 Å². The van der Waals surface area contributed by atoms with Gasteiger partial charge in [-0.15, -0.1) is 0 Å². The maximum absolute atomic E-state index is 5.79. The molecule has 84 valence electrons. The van der Waals surface area contributed by atoms with Crippen molar-refractivity contribution in [3.8, 4) is 11.4 Å². The average molecular weight is 283 g/mol. The Labute approximate surface area is 101 Å². The average Bonchev–Trinajstić information content (AvgIpc) is 2.77. The Morgan fingerprint density at radius 3 is 3.00 bits per heavy atom. The van der Waals surface area contributed by atoms with Crippen molar-refractivity contribution in [3.63, 3.8) is 0 Å². The highest BCUT2D eigenvalue weighted by Gasteiger charge is 2.14. The third-order valence-electron chi connectivity index (χ3n) is 2.16. The molecule has 1 unspecified atom stereocenters. The fourth-order valence-corrected chi connectivity index (χ4v) is 1.58. The van der Waals surface area contributed by atoms with E-state index in [1.807, 2.05) is 13.0 Å². The van der Waals surface area contributed by atoms with Crippen molar-refractivity contribution in [2.45, 2.75) is 19.4 Å². The summed E-state index contributed by atoms with van der Waals surface area (Å²) in [6.07, 6.45) is 4.14. The molecule has 16 heavy (non-hydrogen) atoms. The molecule has 0 amide bonds. The molecule has 0 aromatic carbocycles. The lowest BCUT2D eigenvalue weighted by molar-refractivity contribution is 0.352. The number of pyridine rings is 1. The zero-order valence-electron chi connectivity index (χ0n) is 8.72. The smallest absolute Gasteiger partial charge is 0.243 e. The van der Waals surface area contributed by atoms with E-state index in [2.05, 4.69) is 31.1 Å². The van der Waals surface area contributed by atoms with E-state index < -0.39 is 0 Å². The van der Waals surface area contributed by atoms with Crippen molar-refractivity contribution < 1.29 is 4.52 Å². The van der Waals surface area contributed by atoms with Gasteiger partial charge in [0.15, 0.2) is 0 Å². The number of rotatable bonds is 3. The Hall–Kier alpha value is -1.27. The second-order valence-electron chi connectivity index (χ2n) is 3.36. The van der Waals surface area contributed by atoms with Gasteiger partial charge < -0.3 is 10.3 Å². The maximum atomic E-state index is 5.79. The van der Waals surface area contributed by atoms with Gasteiger partial charge in [-0.2, -0.15) is 4.98 Å². The Morgan fingerprint density at radius 1 is 1.50 bits per heavy atom. The summed E-state index contributed by atoms with van der Waals surface area (Å²) in [6.45, 7) is 1.97. The number of nitrogens with two attached hydrogens (primary N) is 1. The van der Waals surface area contributed by atoms with Crippen LogP contribution in [-0.2, 0) is 0 Å². The van der Waals surface area contributed by atoms with Gasteiger partial charge in [-0.05, 0) is 28.4 Å². The molecule has 2 aromatic heterocycles. The van der Waals surface area contributed by atoms with Gasteiger partial charge >= 0.3 is 0 Å². The van der Waals surface area contributed by atoms with Gasteiger partial charge in [-0.1, -0.05) is 12.1 Å². The molecule has 0 fully saturated rings. The van der Waals surface area contributed by atoms with Gasteiger partial charge in [-0.25, -0.2) is 0 Å². The molecule has 2 rings (SSSR count). The quantitative estimate of drug-likeness (QED) is 0.935. The van der Waals surface area contributed by atoms with Crippen molar-refractivity contribution in [1.82, 2.24) is 15.1 Å². The summed E-state index contributed by atoms with van der Waals surface area (Å²) in [6, 6.07) is 1.67. The minimum Gasteiger partial charge on any atom is -0.337 e. The molecule has 6 heteroatoms. The monoisotopic (exact) mass is 282 g/mol. The summed E-state index contributed by atoms with van der Waals surface area (Å²) >= 11 is 3.34. The van der Waals surface area contributed by atoms with E-state index in [1.165, 1.54) is 0 Å². The highest BCUT2D eigenvalue weighted by atomic mass is 79.9. The van der Waals surface area contributed by atoms with Crippen LogP contribution in [0.3, 0.4) is 0 Å². The molecular weight excluding hydrogens is 272 g/mol. The van der Waals surface area contributed by atoms with E-state index in [0.717, 1.165) is 16.5 Å². The zero-order chi connectivity index (χ0) is 11.5. The zero-order valence-corrected chi connectivity index (χ0v) is 10.3. The topological polar surface area (TPSA) is 77.8 Å². The van der Waals surface area contributed by atoms with Crippen LogP contribution in [0.1, 0.15) is 25.3 Å². The van der Waals surface area contributed by atoms with Crippen molar-refractivity contribution in [1.29, 1.82) is 0 Å². The molecule has 1 atom stereocenters. The first-order valence-corrected chi connectivity index (χ1v) is 5.70. The first kappa shape index (κ1) is 11.2. The van der Waals surface area contributed by atoms with Gasteiger partial charge in [0.25, 0.3) is 0 Å². The summed E-state index contributed by atoms with van der Waals surface area (Å²) in [4.78, 5) is 8.26. The molecule has 0 aliphatic heterocycles. The predicted octanol–water partition coefficient (Wildman–Crippen LogP) is 2.30. The number of hydrogen-bond acceptors (Lipinski definition) is 5. The predicted molar refractivity (Wildman–Crippen MR) is 62.4 cm³/mol. The van der Waals surface area contributed by atoms with Crippen LogP contribution >= 0.6 is 15.9 Å². The molecule has 0 aliphatic carbocycles. The standard InChI is InChI=1S/C10H11BrN4O/c1-2-8(12)10-14-9(15-16-10)6-3-7(11)5-13-4-6/h3-5,8H,2,12H2,1H3. The fourth-order valence-electron chi connectivity index (χ4n) is 1.21. The van der Waals surface area contributed by atoms with Crippen LogP contribution in [0.5, 0.6) is 0 Å². The van der Waals surface area contributed by atoms with E-state index in [0.29, 0.717) is 11.7 Å². The molecular formula is C10H11BrN4O. The summed E-state index contributed by atoms with van der Waals surface area (Å²) < 4.78 is 5.95. The summed E-state index contributed by atoms with van der Waals surface area (Å²) in [5, 5.41) is 3.87. The number of aromatic nitrogens is 3. The summed E-state index contributed by atoms with van der Waals surface area (Å²) in [5.41, 5.74) is 6.59. The molecule has 0 saturated carbocycles. The lowest BCUT2D eigenvalue weighted by Crippen LogP contribution is -2.08. The second-order valence-corrected chi connectivity index (χ2v) is 4.28. The summed E-state index contributed by atoms with van der Waals surface area (Å²) in [7, 11) is 0. The minimum absolute atomic E-state index is 0.207. The maximum Gasteiger partial charge on any atom is 0.243 e. The van der Waals surface area contributed by atoms with Crippen LogP contribution < -0.4 is 5.73 Å². The second kappa shape index (κ2) is 4.71. The van der Waals surface area contributed by atoms with Crippen LogP contribution in [0.25, 0.3) is 11.4 Å². The van der Waals surface area contributed by atoms with Crippen LogP contribution in [0.4, 0.5) is 0 Å². The van der Waals surface area contributed by atoms with Crippen molar-refractivity contribution in [2.75, 3.05) is 0 Å². The largest absolute Gasteiger partial charge is 0.337 e. The third kappa shape index (κ3) is 2.28. The Kier molecular flexibility index (Phi) is 3.31. The van der Waals surface area contributed by atoms with E-state index in [9.17, 15) is 0 Å². The number of nitrogens with zero attached hydrogens (tertiary/aromatic N) is 3. The lowest BCUT2D eigenvalue weighted by atomic mass is 10.2. The number of halogens is 1. The van der Waals surface area contributed by atoms with Gasteiger partial charge in [0.2, 0.25) is 11.7 Å². The van der Waals surface area contributed by atoms with E-state index in [-0.39, 0.29) is 6.04 Å². The van der Waals surface area contributed by atoms with Crippen molar-refractivity contribution >= 4 is 15.9 Å². The fraction of sp³-hybridized carbons (Fsp3) is 0.300. The molecule has 2 heterocycles. The summed E-state index contributed by atoms with van der Waals surface area (Å²) in [5.74, 6) is 0.963. The first-order chi connectivity index (χ1) is 7.70. The van der Waals surface area contributed by atoms with Crippen LogP contribution in [0, 0.1) is 0 Å². The molecule has 0 radical (unpaired) electrons. The molecule has 5 nitrogen and oxygen atoms in total. The van der Waals surface area contributed by atoms with Gasteiger partial charge in [0.05, 0.1) is 6.04 Å². The third-order valence-corrected chi connectivity index (χ3v) is 2.60. The molecule has 0 spiro atoms. The van der Waals surface area contributed by atoms with Gasteiger partial charge in [0.1, 0.15) is 0 Å². The minimum atomic E-state index is -0.207.